The molecule has 0 aliphatic carbocycles. The lowest BCUT2D eigenvalue weighted by Gasteiger charge is -2.25. The van der Waals surface area contributed by atoms with Crippen LogP contribution in [0.3, 0.4) is 0 Å². The molecule has 0 fully saturated rings. The Hall–Kier alpha value is -2.73. The molecule has 6 nitrogen and oxygen atoms in total. The van der Waals surface area contributed by atoms with Crippen molar-refractivity contribution in [2.45, 2.75) is 12.5 Å². The Morgan fingerprint density at radius 1 is 1.33 bits per heavy atom. The van der Waals surface area contributed by atoms with E-state index in [9.17, 15) is 9.59 Å². The molecule has 0 aromatic heterocycles. The first kappa shape index (κ1) is 16.1. The number of methoxy groups -OCH3 is 1. The molecule has 0 bridgehead atoms. The Morgan fingerprint density at radius 2 is 2.12 bits per heavy atom. The van der Waals surface area contributed by atoms with E-state index in [0.717, 1.165) is 0 Å². The molecule has 1 aliphatic heterocycles. The van der Waals surface area contributed by atoms with Crippen LogP contribution in [0.4, 0.5) is 11.4 Å². The van der Waals surface area contributed by atoms with Crippen LogP contribution >= 0.6 is 11.6 Å². The number of carbonyl (C=O) groups excluding carboxylic acids is 2. The van der Waals surface area contributed by atoms with Crippen LogP contribution in [0, 0.1) is 0 Å². The highest BCUT2D eigenvalue weighted by Gasteiger charge is 2.29. The number of halogens is 1. The number of para-hydroxylation sites is 2. The molecule has 1 unspecified atom stereocenters. The number of hydrogen-bond acceptors (Lipinski definition) is 4. The van der Waals surface area contributed by atoms with Crippen molar-refractivity contribution < 1.29 is 19.1 Å². The van der Waals surface area contributed by atoms with E-state index >= 15 is 0 Å². The molecule has 2 aromatic rings. The van der Waals surface area contributed by atoms with Gasteiger partial charge in [0.15, 0.2) is 6.10 Å². The maximum Gasteiger partial charge on any atom is 0.266 e. The molecule has 1 aliphatic rings. The van der Waals surface area contributed by atoms with Crippen molar-refractivity contribution in [1.29, 1.82) is 0 Å². The Bertz CT molecular complexity index is 794. The van der Waals surface area contributed by atoms with Crippen LogP contribution in [0.5, 0.6) is 11.5 Å². The van der Waals surface area contributed by atoms with E-state index in [1.54, 1.807) is 42.5 Å². The van der Waals surface area contributed by atoms with Crippen molar-refractivity contribution in [2.24, 2.45) is 0 Å². The van der Waals surface area contributed by atoms with Crippen molar-refractivity contribution in [2.75, 3.05) is 17.7 Å². The topological polar surface area (TPSA) is 76.7 Å². The summed E-state index contributed by atoms with van der Waals surface area (Å²) in [7, 11) is 1.49. The highest BCUT2D eigenvalue weighted by Crippen LogP contribution is 2.31. The van der Waals surface area contributed by atoms with Crippen LogP contribution in [-0.2, 0) is 9.59 Å². The number of rotatable bonds is 4. The molecule has 0 radical (unpaired) electrons. The van der Waals surface area contributed by atoms with E-state index < -0.39 is 6.10 Å². The number of nitrogens with one attached hydrogen (secondary N) is 2. The summed E-state index contributed by atoms with van der Waals surface area (Å²) in [5.41, 5.74) is 1.03. The highest BCUT2D eigenvalue weighted by molar-refractivity contribution is 6.31. The Morgan fingerprint density at radius 3 is 2.92 bits per heavy atom. The van der Waals surface area contributed by atoms with Crippen molar-refractivity contribution in [1.82, 2.24) is 0 Å². The smallest absolute Gasteiger partial charge is 0.266 e. The Balaban J connectivity index is 1.70. The zero-order valence-electron chi connectivity index (χ0n) is 12.8. The van der Waals surface area contributed by atoms with Crippen molar-refractivity contribution in [3.63, 3.8) is 0 Å². The highest BCUT2D eigenvalue weighted by atomic mass is 35.5. The Kier molecular flexibility index (Phi) is 4.57. The quantitative estimate of drug-likeness (QED) is 0.892. The summed E-state index contributed by atoms with van der Waals surface area (Å²) >= 11 is 5.93. The Labute approximate surface area is 143 Å². The molecule has 124 valence electrons. The number of fused-ring (bicyclic) bond motifs is 1. The van der Waals surface area contributed by atoms with Gasteiger partial charge in [-0.15, -0.1) is 0 Å². The maximum absolute atomic E-state index is 12.2. The summed E-state index contributed by atoms with van der Waals surface area (Å²) in [6.07, 6.45) is -1.03. The van der Waals surface area contributed by atoms with Crippen molar-refractivity contribution in [3.05, 3.63) is 47.5 Å². The zero-order valence-corrected chi connectivity index (χ0v) is 13.6. The molecule has 2 N–H and O–H groups in total. The van der Waals surface area contributed by atoms with Gasteiger partial charge >= 0.3 is 0 Å². The molecule has 2 aromatic carbocycles. The monoisotopic (exact) mass is 346 g/mol. The zero-order chi connectivity index (χ0) is 17.1. The van der Waals surface area contributed by atoms with Crippen LogP contribution in [-0.4, -0.2) is 25.0 Å². The first-order chi connectivity index (χ1) is 11.6. The van der Waals surface area contributed by atoms with Crippen molar-refractivity contribution in [3.8, 4) is 11.5 Å². The maximum atomic E-state index is 12.2. The number of anilines is 2. The molecular formula is C17H15ClN2O4. The minimum absolute atomic E-state index is 0.129. The summed E-state index contributed by atoms with van der Waals surface area (Å²) in [4.78, 5) is 24.3. The predicted octanol–water partition coefficient (Wildman–Crippen LogP) is 3.08. The van der Waals surface area contributed by atoms with Gasteiger partial charge in [-0.05, 0) is 30.3 Å². The third-order valence-electron chi connectivity index (χ3n) is 3.51. The summed E-state index contributed by atoms with van der Waals surface area (Å²) < 4.78 is 10.8. The minimum atomic E-state index is -0.898. The average Bonchev–Trinajstić information content (AvgIpc) is 2.55. The van der Waals surface area contributed by atoms with Crippen LogP contribution in [0.2, 0.25) is 5.02 Å². The van der Waals surface area contributed by atoms with Crippen LogP contribution in [0.1, 0.15) is 6.42 Å². The van der Waals surface area contributed by atoms with Crippen LogP contribution < -0.4 is 20.1 Å². The van der Waals surface area contributed by atoms with Gasteiger partial charge in [0, 0.05) is 5.02 Å². The van der Waals surface area contributed by atoms with Crippen LogP contribution in [0.15, 0.2) is 42.5 Å². The third-order valence-corrected chi connectivity index (χ3v) is 3.75. The predicted molar refractivity (Wildman–Crippen MR) is 90.7 cm³/mol. The lowest BCUT2D eigenvalue weighted by molar-refractivity contribution is -0.128. The van der Waals surface area contributed by atoms with Gasteiger partial charge in [0.2, 0.25) is 5.91 Å². The van der Waals surface area contributed by atoms with E-state index in [1.807, 2.05) is 0 Å². The molecule has 1 heterocycles. The largest absolute Gasteiger partial charge is 0.495 e. The molecule has 0 spiro atoms. The van der Waals surface area contributed by atoms with Gasteiger partial charge < -0.3 is 20.1 Å². The second-order valence-corrected chi connectivity index (χ2v) is 5.63. The molecule has 3 rings (SSSR count). The normalized spacial score (nSPS) is 15.8. The van der Waals surface area contributed by atoms with Gasteiger partial charge in [0.25, 0.3) is 5.91 Å². The van der Waals surface area contributed by atoms with Crippen LogP contribution in [0.25, 0.3) is 0 Å². The molecule has 0 saturated carbocycles. The first-order valence-electron chi connectivity index (χ1n) is 7.27. The van der Waals surface area contributed by atoms with Gasteiger partial charge in [-0.1, -0.05) is 23.7 Å². The lowest BCUT2D eigenvalue weighted by atomic mass is 10.1. The van der Waals surface area contributed by atoms with Gasteiger partial charge in [-0.3, -0.25) is 9.59 Å². The number of ether oxygens (including phenoxy) is 2. The summed E-state index contributed by atoms with van der Waals surface area (Å²) in [5.74, 6) is 0.277. The summed E-state index contributed by atoms with van der Waals surface area (Å²) in [6.45, 7) is 0. The fourth-order valence-corrected chi connectivity index (χ4v) is 2.55. The van der Waals surface area contributed by atoms with E-state index in [4.69, 9.17) is 21.1 Å². The van der Waals surface area contributed by atoms with Crippen molar-refractivity contribution >= 4 is 34.8 Å². The second-order valence-electron chi connectivity index (χ2n) is 5.19. The van der Waals surface area contributed by atoms with Gasteiger partial charge in [0.1, 0.15) is 11.5 Å². The van der Waals surface area contributed by atoms with E-state index in [0.29, 0.717) is 27.9 Å². The first-order valence-corrected chi connectivity index (χ1v) is 7.64. The number of hydrogen-bond donors (Lipinski definition) is 2. The summed E-state index contributed by atoms with van der Waals surface area (Å²) in [6, 6.07) is 11.9. The third kappa shape index (κ3) is 3.44. The van der Waals surface area contributed by atoms with Gasteiger partial charge in [0.05, 0.1) is 24.9 Å². The molecule has 1 atom stereocenters. The second kappa shape index (κ2) is 6.80. The molecule has 7 heteroatoms. The van der Waals surface area contributed by atoms with E-state index in [2.05, 4.69) is 10.6 Å². The standard InChI is InChI=1S/C17H15ClN2O4/c1-23-13-7-6-10(18)8-12(13)19-16(21)9-15-17(22)20-11-4-2-3-5-14(11)24-15/h2-8,15H,9H2,1H3,(H,19,21)(H,20,22). The number of amides is 2. The van der Waals surface area contributed by atoms with E-state index in [1.165, 1.54) is 7.11 Å². The minimum Gasteiger partial charge on any atom is -0.495 e. The molecule has 2 amide bonds. The van der Waals surface area contributed by atoms with Gasteiger partial charge in [-0.2, -0.15) is 0 Å². The average molecular weight is 347 g/mol. The lowest BCUT2D eigenvalue weighted by Crippen LogP contribution is -2.39. The van der Waals surface area contributed by atoms with E-state index in [-0.39, 0.29) is 18.2 Å². The fourth-order valence-electron chi connectivity index (χ4n) is 2.37. The molecular weight excluding hydrogens is 332 g/mol. The SMILES string of the molecule is COc1ccc(Cl)cc1NC(=O)CC1Oc2ccccc2NC1=O. The molecule has 24 heavy (non-hydrogen) atoms. The number of carbonyl (C=O) groups is 2. The fraction of sp³-hybridized carbons (Fsp3) is 0.176. The van der Waals surface area contributed by atoms with Gasteiger partial charge in [-0.25, -0.2) is 0 Å². The summed E-state index contributed by atoms with van der Waals surface area (Å²) in [5, 5.41) is 5.87. The molecule has 0 saturated heterocycles. The number of benzene rings is 2.